The molecule has 0 spiro atoms. The summed E-state index contributed by atoms with van der Waals surface area (Å²) in [6.07, 6.45) is 10.9. The van der Waals surface area contributed by atoms with Gasteiger partial charge in [0.15, 0.2) is 0 Å². The van der Waals surface area contributed by atoms with Crippen LogP contribution >= 0.6 is 0 Å². The topological polar surface area (TPSA) is 63.1 Å². The van der Waals surface area contributed by atoms with Gasteiger partial charge in [0.2, 0.25) is 0 Å². The number of rotatable bonds is 5. The van der Waals surface area contributed by atoms with Gasteiger partial charge in [0.05, 0.1) is 11.7 Å². The Morgan fingerprint density at radius 1 is 1.36 bits per heavy atom. The smallest absolute Gasteiger partial charge is 0.317 e. The molecule has 3 rings (SSSR count). The molecule has 1 aliphatic rings. The number of aromatic nitrogens is 3. The fourth-order valence-corrected chi connectivity index (χ4v) is 3.04. The molecule has 0 saturated heterocycles. The van der Waals surface area contributed by atoms with Crippen molar-refractivity contribution < 1.29 is 4.79 Å². The van der Waals surface area contributed by atoms with Crippen molar-refractivity contribution in [2.24, 2.45) is 5.92 Å². The maximum absolute atomic E-state index is 12.4. The van der Waals surface area contributed by atoms with Gasteiger partial charge in [-0.1, -0.05) is 24.3 Å². The summed E-state index contributed by atoms with van der Waals surface area (Å²) in [5.41, 5.74) is 2.04. The van der Waals surface area contributed by atoms with Crippen molar-refractivity contribution in [2.75, 3.05) is 13.6 Å². The SMILES string of the molecule is CC(c1ccc(-n2cncn2)cc1)N(C)C(=O)NCC1CC=CCC1. The maximum Gasteiger partial charge on any atom is 0.317 e. The van der Waals surface area contributed by atoms with E-state index < -0.39 is 0 Å². The quantitative estimate of drug-likeness (QED) is 0.850. The van der Waals surface area contributed by atoms with Crippen molar-refractivity contribution in [1.82, 2.24) is 25.0 Å². The predicted molar refractivity (Wildman–Crippen MR) is 97.4 cm³/mol. The van der Waals surface area contributed by atoms with Crippen molar-refractivity contribution >= 4 is 6.03 Å². The van der Waals surface area contributed by atoms with E-state index in [2.05, 4.69) is 27.6 Å². The van der Waals surface area contributed by atoms with Gasteiger partial charge in [-0.05, 0) is 49.8 Å². The second-order valence-corrected chi connectivity index (χ2v) is 6.55. The molecule has 1 aromatic heterocycles. The molecule has 25 heavy (non-hydrogen) atoms. The van der Waals surface area contributed by atoms with Gasteiger partial charge in [0, 0.05) is 13.6 Å². The molecule has 2 amide bonds. The third-order valence-corrected chi connectivity index (χ3v) is 4.88. The van der Waals surface area contributed by atoms with Gasteiger partial charge in [-0.15, -0.1) is 0 Å². The molecule has 2 atom stereocenters. The Kier molecular flexibility index (Phi) is 5.48. The van der Waals surface area contributed by atoms with E-state index in [0.29, 0.717) is 5.92 Å². The van der Waals surface area contributed by atoms with Gasteiger partial charge < -0.3 is 10.2 Å². The average molecular weight is 339 g/mol. The van der Waals surface area contributed by atoms with Crippen molar-refractivity contribution in [3.8, 4) is 5.69 Å². The van der Waals surface area contributed by atoms with Crippen molar-refractivity contribution in [3.63, 3.8) is 0 Å². The molecule has 6 heteroatoms. The molecule has 0 saturated carbocycles. The van der Waals surface area contributed by atoms with E-state index in [4.69, 9.17) is 0 Å². The summed E-state index contributed by atoms with van der Waals surface area (Å²) in [5.74, 6) is 0.555. The van der Waals surface area contributed by atoms with E-state index >= 15 is 0 Å². The van der Waals surface area contributed by atoms with Crippen LogP contribution < -0.4 is 5.32 Å². The van der Waals surface area contributed by atoms with Crippen LogP contribution in [-0.4, -0.2) is 39.3 Å². The Labute approximate surface area is 148 Å². The summed E-state index contributed by atoms with van der Waals surface area (Å²) < 4.78 is 1.71. The molecule has 0 bridgehead atoms. The van der Waals surface area contributed by atoms with Crippen LogP contribution in [0.15, 0.2) is 49.1 Å². The summed E-state index contributed by atoms with van der Waals surface area (Å²) in [6, 6.07) is 7.99. The van der Waals surface area contributed by atoms with E-state index in [9.17, 15) is 4.79 Å². The fourth-order valence-electron chi connectivity index (χ4n) is 3.04. The lowest BCUT2D eigenvalue weighted by molar-refractivity contribution is 0.192. The van der Waals surface area contributed by atoms with Crippen molar-refractivity contribution in [1.29, 1.82) is 0 Å². The average Bonchev–Trinajstić information content (AvgIpc) is 3.20. The molecule has 132 valence electrons. The zero-order valence-electron chi connectivity index (χ0n) is 14.8. The van der Waals surface area contributed by atoms with Crippen molar-refractivity contribution in [2.45, 2.75) is 32.2 Å². The minimum Gasteiger partial charge on any atom is -0.338 e. The summed E-state index contributed by atoms with van der Waals surface area (Å²) in [7, 11) is 1.84. The van der Waals surface area contributed by atoms with Crippen LogP contribution in [0.4, 0.5) is 4.79 Å². The molecule has 0 aliphatic heterocycles. The molecular weight excluding hydrogens is 314 g/mol. The summed E-state index contributed by atoms with van der Waals surface area (Å²) in [4.78, 5) is 18.1. The number of hydrogen-bond acceptors (Lipinski definition) is 3. The Morgan fingerprint density at radius 2 is 2.16 bits per heavy atom. The minimum absolute atomic E-state index is 0.00366. The lowest BCUT2D eigenvalue weighted by atomic mass is 9.94. The number of allylic oxidation sites excluding steroid dienone is 2. The molecule has 2 aromatic rings. The van der Waals surface area contributed by atoms with Crippen LogP contribution in [0.1, 0.15) is 37.8 Å². The summed E-state index contributed by atoms with van der Waals surface area (Å²) in [6.45, 7) is 2.78. The van der Waals surface area contributed by atoms with E-state index in [1.54, 1.807) is 15.9 Å². The predicted octanol–water partition coefficient (Wildman–Crippen LogP) is 3.33. The fraction of sp³-hybridized carbons (Fsp3) is 0.421. The molecule has 1 heterocycles. The maximum atomic E-state index is 12.4. The van der Waals surface area contributed by atoms with E-state index in [0.717, 1.165) is 37.1 Å². The molecule has 2 unspecified atom stereocenters. The highest BCUT2D eigenvalue weighted by Crippen LogP contribution is 2.21. The van der Waals surface area contributed by atoms with Gasteiger partial charge in [0.25, 0.3) is 0 Å². The monoisotopic (exact) mass is 339 g/mol. The molecule has 6 nitrogen and oxygen atoms in total. The Bertz CT molecular complexity index is 708. The van der Waals surface area contributed by atoms with Crippen LogP contribution in [-0.2, 0) is 0 Å². The third kappa shape index (κ3) is 4.26. The molecule has 1 aromatic carbocycles. The molecule has 0 fully saturated rings. The first-order valence-electron chi connectivity index (χ1n) is 8.76. The first-order valence-corrected chi connectivity index (χ1v) is 8.76. The Balaban J connectivity index is 1.56. The lowest BCUT2D eigenvalue weighted by Gasteiger charge is -2.27. The number of urea groups is 1. The Morgan fingerprint density at radius 3 is 2.80 bits per heavy atom. The zero-order chi connectivity index (χ0) is 17.6. The first kappa shape index (κ1) is 17.2. The normalized spacial score (nSPS) is 17.9. The van der Waals surface area contributed by atoms with Crippen LogP contribution in [0.25, 0.3) is 5.69 Å². The van der Waals surface area contributed by atoms with Gasteiger partial charge >= 0.3 is 6.03 Å². The molecule has 0 radical (unpaired) electrons. The van der Waals surface area contributed by atoms with Crippen LogP contribution in [0.3, 0.4) is 0 Å². The number of carbonyl (C=O) groups excluding carboxylic acids is 1. The molecule has 1 aliphatic carbocycles. The summed E-state index contributed by atoms with van der Waals surface area (Å²) >= 11 is 0. The highest BCUT2D eigenvalue weighted by atomic mass is 16.2. The largest absolute Gasteiger partial charge is 0.338 e. The van der Waals surface area contributed by atoms with Crippen LogP contribution in [0.2, 0.25) is 0 Å². The van der Waals surface area contributed by atoms with E-state index in [-0.39, 0.29) is 12.1 Å². The zero-order valence-corrected chi connectivity index (χ0v) is 14.8. The van der Waals surface area contributed by atoms with Gasteiger partial charge in [0.1, 0.15) is 12.7 Å². The highest BCUT2D eigenvalue weighted by molar-refractivity contribution is 5.74. The number of benzene rings is 1. The Hall–Kier alpha value is -2.63. The minimum atomic E-state index is -0.0256. The number of amides is 2. The van der Waals surface area contributed by atoms with E-state index in [1.807, 2.05) is 38.2 Å². The molecular formula is C19H25N5O. The van der Waals surface area contributed by atoms with Crippen molar-refractivity contribution in [3.05, 3.63) is 54.6 Å². The van der Waals surface area contributed by atoms with Gasteiger partial charge in [-0.25, -0.2) is 14.5 Å². The first-order chi connectivity index (χ1) is 12.1. The lowest BCUT2D eigenvalue weighted by Crippen LogP contribution is -2.40. The van der Waals surface area contributed by atoms with Crippen LogP contribution in [0, 0.1) is 5.92 Å². The van der Waals surface area contributed by atoms with E-state index in [1.165, 1.54) is 6.33 Å². The third-order valence-electron chi connectivity index (χ3n) is 4.88. The van der Waals surface area contributed by atoms with Gasteiger partial charge in [-0.3, -0.25) is 0 Å². The summed E-state index contributed by atoms with van der Waals surface area (Å²) in [5, 5.41) is 7.19. The second-order valence-electron chi connectivity index (χ2n) is 6.55. The second kappa shape index (κ2) is 7.96. The number of nitrogens with one attached hydrogen (secondary N) is 1. The highest BCUT2D eigenvalue weighted by Gasteiger charge is 2.19. The number of nitrogens with zero attached hydrogens (tertiary/aromatic N) is 4. The van der Waals surface area contributed by atoms with Crippen LogP contribution in [0.5, 0.6) is 0 Å². The number of carbonyl (C=O) groups is 1. The standard InChI is InChI=1S/C19H25N5O/c1-15(17-8-10-18(11-9-17)24-14-20-13-22-24)23(2)19(25)21-12-16-6-4-3-5-7-16/h3-4,8-11,13-16H,5-7,12H2,1-2H3,(H,21,25). The number of hydrogen-bond donors (Lipinski definition) is 1. The molecule has 1 N–H and O–H groups in total. The van der Waals surface area contributed by atoms with Gasteiger partial charge in [-0.2, -0.15) is 5.10 Å².